The summed E-state index contributed by atoms with van der Waals surface area (Å²) in [4.78, 5) is 14.2. The molecule has 3 heterocycles. The lowest BCUT2D eigenvalue weighted by Gasteiger charge is -2.41. The van der Waals surface area contributed by atoms with Gasteiger partial charge in [-0.15, -0.1) is 0 Å². The second kappa shape index (κ2) is 7.76. The molecule has 1 aromatic rings. The fourth-order valence-corrected chi connectivity index (χ4v) is 4.19. The molecule has 0 aliphatic carbocycles. The molecule has 0 radical (unpaired) electrons. The first-order chi connectivity index (χ1) is 12.7. The monoisotopic (exact) mass is 382 g/mol. The van der Waals surface area contributed by atoms with Gasteiger partial charge in [0.1, 0.15) is 11.9 Å². The van der Waals surface area contributed by atoms with Crippen LogP contribution in [0.1, 0.15) is 71.5 Å². The van der Waals surface area contributed by atoms with Crippen LogP contribution in [0.5, 0.6) is 0 Å². The average Bonchev–Trinajstić information content (AvgIpc) is 3.05. The van der Waals surface area contributed by atoms with Crippen molar-refractivity contribution in [1.82, 2.24) is 14.7 Å². The van der Waals surface area contributed by atoms with E-state index in [1.165, 1.54) is 4.68 Å². The summed E-state index contributed by atoms with van der Waals surface area (Å²) in [6, 6.07) is 0.937. The second-order valence-electron chi connectivity index (χ2n) is 8.99. The van der Waals surface area contributed by atoms with Gasteiger partial charge in [0.05, 0.1) is 5.69 Å². The van der Waals surface area contributed by atoms with Gasteiger partial charge in [-0.1, -0.05) is 27.7 Å². The summed E-state index contributed by atoms with van der Waals surface area (Å²) < 4.78 is 29.1. The molecule has 0 bridgehead atoms. The number of rotatable bonds is 4. The summed E-state index contributed by atoms with van der Waals surface area (Å²) in [7, 11) is 0. The molecule has 1 aromatic heterocycles. The van der Waals surface area contributed by atoms with E-state index in [4.69, 9.17) is 0 Å². The van der Waals surface area contributed by atoms with Crippen molar-refractivity contribution in [3.63, 3.8) is 0 Å². The number of likely N-dealkylation sites (tertiary alicyclic amines) is 1. The van der Waals surface area contributed by atoms with Crippen LogP contribution in [0, 0.1) is 5.92 Å². The highest BCUT2D eigenvalue weighted by Crippen LogP contribution is 2.38. The Morgan fingerprint density at radius 2 is 2.15 bits per heavy atom. The summed E-state index contributed by atoms with van der Waals surface area (Å²) in [5.41, 5.74) is 0.627. The van der Waals surface area contributed by atoms with Crippen LogP contribution in [0.4, 0.5) is 14.6 Å². The topological polar surface area (TPSA) is 50.2 Å². The van der Waals surface area contributed by atoms with E-state index in [2.05, 4.69) is 10.4 Å². The number of nitrogens with one attached hydrogen (secondary N) is 1. The first-order valence-corrected chi connectivity index (χ1v) is 10.1. The van der Waals surface area contributed by atoms with E-state index in [-0.39, 0.29) is 23.3 Å². The molecule has 0 aromatic carbocycles. The predicted molar refractivity (Wildman–Crippen MR) is 102 cm³/mol. The molecule has 0 unspecified atom stereocenters. The van der Waals surface area contributed by atoms with Crippen LogP contribution in [0.2, 0.25) is 0 Å². The number of amides is 1. The lowest BCUT2D eigenvalue weighted by molar-refractivity contribution is -0.133. The maximum absolute atomic E-state index is 13.8. The van der Waals surface area contributed by atoms with Crippen LogP contribution in [0.15, 0.2) is 6.07 Å². The Morgan fingerprint density at radius 3 is 2.78 bits per heavy atom. The number of anilines is 1. The summed E-state index contributed by atoms with van der Waals surface area (Å²) in [6.45, 7) is 9.56. The van der Waals surface area contributed by atoms with Crippen molar-refractivity contribution < 1.29 is 13.6 Å². The number of alkyl halides is 2. The third kappa shape index (κ3) is 4.27. The third-order valence-electron chi connectivity index (χ3n) is 5.78. The minimum absolute atomic E-state index is 0.0572. The summed E-state index contributed by atoms with van der Waals surface area (Å²) in [5.74, 6) is 1.06. The van der Waals surface area contributed by atoms with Crippen molar-refractivity contribution in [1.29, 1.82) is 0 Å². The summed E-state index contributed by atoms with van der Waals surface area (Å²) >= 11 is 0. The number of halogens is 2. The van der Waals surface area contributed by atoms with Crippen LogP contribution in [0.3, 0.4) is 0 Å². The lowest BCUT2D eigenvalue weighted by atomic mass is 9.85. The second-order valence-corrected chi connectivity index (χ2v) is 8.99. The molecule has 1 fully saturated rings. The SMILES string of the molecule is CCCC(=O)N1CCC[C@@H]([C@@H]2C[C@H](C(F)F)n3nc(C(C)(C)C)cc3N2)C1. The summed E-state index contributed by atoms with van der Waals surface area (Å²) in [5, 5.41) is 7.95. The maximum Gasteiger partial charge on any atom is 0.260 e. The zero-order valence-electron chi connectivity index (χ0n) is 16.8. The van der Waals surface area contributed by atoms with Crippen LogP contribution in [-0.2, 0) is 10.2 Å². The number of carbonyl (C=O) groups excluding carboxylic acids is 1. The molecule has 5 nitrogen and oxygen atoms in total. The number of hydrogen-bond acceptors (Lipinski definition) is 3. The van der Waals surface area contributed by atoms with Crippen LogP contribution < -0.4 is 5.32 Å². The normalized spacial score (nSPS) is 26.0. The molecule has 0 spiro atoms. The highest BCUT2D eigenvalue weighted by atomic mass is 19.3. The van der Waals surface area contributed by atoms with Gasteiger partial charge in [-0.25, -0.2) is 13.5 Å². The van der Waals surface area contributed by atoms with Gasteiger partial charge in [-0.05, 0) is 31.6 Å². The van der Waals surface area contributed by atoms with Crippen LogP contribution >= 0.6 is 0 Å². The Labute approximate surface area is 160 Å². The van der Waals surface area contributed by atoms with Crippen molar-refractivity contribution in [3.8, 4) is 0 Å². The molecular weight excluding hydrogens is 350 g/mol. The molecule has 7 heteroatoms. The van der Waals surface area contributed by atoms with Gasteiger partial charge in [0.15, 0.2) is 0 Å². The average molecular weight is 382 g/mol. The van der Waals surface area contributed by atoms with Crippen molar-refractivity contribution in [3.05, 3.63) is 11.8 Å². The van der Waals surface area contributed by atoms with E-state index in [9.17, 15) is 13.6 Å². The Morgan fingerprint density at radius 1 is 1.41 bits per heavy atom. The molecule has 3 rings (SSSR count). The van der Waals surface area contributed by atoms with Crippen molar-refractivity contribution in [2.45, 2.75) is 83.7 Å². The van der Waals surface area contributed by atoms with E-state index in [0.29, 0.717) is 25.2 Å². The number of fused-ring (bicyclic) bond motifs is 1. The minimum atomic E-state index is -2.46. The number of aromatic nitrogens is 2. The van der Waals surface area contributed by atoms with Gasteiger partial charge in [-0.3, -0.25) is 4.79 Å². The van der Waals surface area contributed by atoms with Gasteiger partial charge < -0.3 is 10.2 Å². The van der Waals surface area contributed by atoms with E-state index in [1.807, 2.05) is 38.7 Å². The van der Waals surface area contributed by atoms with Gasteiger partial charge in [-0.2, -0.15) is 5.10 Å². The van der Waals surface area contributed by atoms with E-state index in [1.54, 1.807) is 0 Å². The van der Waals surface area contributed by atoms with E-state index >= 15 is 0 Å². The highest BCUT2D eigenvalue weighted by molar-refractivity contribution is 5.76. The van der Waals surface area contributed by atoms with Crippen molar-refractivity contribution in [2.75, 3.05) is 18.4 Å². The fourth-order valence-electron chi connectivity index (χ4n) is 4.19. The quantitative estimate of drug-likeness (QED) is 0.849. The third-order valence-corrected chi connectivity index (χ3v) is 5.78. The highest BCUT2D eigenvalue weighted by Gasteiger charge is 2.39. The number of nitrogens with zero attached hydrogens (tertiary/aromatic N) is 3. The fraction of sp³-hybridized carbons (Fsp3) is 0.800. The molecule has 1 saturated heterocycles. The molecule has 3 atom stereocenters. The Kier molecular flexibility index (Phi) is 5.77. The smallest absolute Gasteiger partial charge is 0.260 e. The Bertz CT molecular complexity index is 667. The van der Waals surface area contributed by atoms with Gasteiger partial charge in [0.2, 0.25) is 5.91 Å². The van der Waals surface area contributed by atoms with Crippen molar-refractivity contribution in [2.24, 2.45) is 5.92 Å². The molecule has 0 saturated carbocycles. The molecule has 1 N–H and O–H groups in total. The zero-order chi connectivity index (χ0) is 19.8. The van der Waals surface area contributed by atoms with Crippen molar-refractivity contribution >= 4 is 11.7 Å². The molecule has 2 aliphatic heterocycles. The molecule has 152 valence electrons. The van der Waals surface area contributed by atoms with Crippen LogP contribution in [0.25, 0.3) is 0 Å². The first-order valence-electron chi connectivity index (χ1n) is 10.1. The molecular formula is C20H32F2N4O. The lowest BCUT2D eigenvalue weighted by Crippen LogP contribution is -2.48. The Hall–Kier alpha value is -1.66. The number of hydrogen-bond donors (Lipinski definition) is 1. The van der Waals surface area contributed by atoms with Gasteiger partial charge in [0.25, 0.3) is 6.43 Å². The van der Waals surface area contributed by atoms with E-state index < -0.39 is 12.5 Å². The zero-order valence-corrected chi connectivity index (χ0v) is 16.8. The minimum Gasteiger partial charge on any atom is -0.367 e. The largest absolute Gasteiger partial charge is 0.367 e. The number of piperidine rings is 1. The van der Waals surface area contributed by atoms with E-state index in [0.717, 1.165) is 31.5 Å². The molecule has 1 amide bonds. The predicted octanol–water partition coefficient (Wildman–Crippen LogP) is 4.21. The molecule has 27 heavy (non-hydrogen) atoms. The Balaban J connectivity index is 1.80. The van der Waals surface area contributed by atoms with Gasteiger partial charge in [0, 0.05) is 37.0 Å². The number of carbonyl (C=O) groups is 1. The maximum atomic E-state index is 13.8. The molecule has 2 aliphatic rings. The summed E-state index contributed by atoms with van der Waals surface area (Å²) in [6.07, 6.45) is 1.18. The van der Waals surface area contributed by atoms with Gasteiger partial charge >= 0.3 is 0 Å². The standard InChI is InChI=1S/C20H32F2N4O/c1-5-7-18(27)25-9-6-8-13(12-25)14-10-15(19(21)22)26-17(23-14)11-16(24-26)20(2,3)4/h11,13-15,19,23H,5-10,12H2,1-4H3/t13-,14+,15-/m1/s1. The van der Waals surface area contributed by atoms with Crippen LogP contribution in [-0.4, -0.2) is 46.1 Å². The first kappa shape index (κ1) is 20.1.